The molecule has 3 aromatic rings. The molecule has 0 aliphatic carbocycles. The Bertz CT molecular complexity index is 871. The highest BCUT2D eigenvalue weighted by Gasteiger charge is 2.18. The minimum absolute atomic E-state index is 0.325. The van der Waals surface area contributed by atoms with E-state index in [1.165, 1.54) is 16.7 Å². The largest absolute Gasteiger partial charge is 0.356 e. The van der Waals surface area contributed by atoms with Gasteiger partial charge in [-0.1, -0.05) is 51.5 Å². The molecule has 26 heavy (non-hydrogen) atoms. The molecule has 0 bridgehead atoms. The van der Waals surface area contributed by atoms with Gasteiger partial charge in [0.15, 0.2) is 0 Å². The third kappa shape index (κ3) is 3.86. The molecule has 2 heterocycles. The Hall–Kier alpha value is -1.65. The molecule has 138 valence electrons. The molecular formula is C21H26ClN3S. The van der Waals surface area contributed by atoms with E-state index in [9.17, 15) is 0 Å². The number of thiophene rings is 1. The fraction of sp³-hybridized carbons (Fsp3) is 0.429. The van der Waals surface area contributed by atoms with Crippen LogP contribution in [0.1, 0.15) is 52.0 Å². The first kappa shape index (κ1) is 19.1. The maximum Gasteiger partial charge on any atom is 0.225 e. The first-order valence-electron chi connectivity index (χ1n) is 9.35. The Kier molecular flexibility index (Phi) is 6.15. The van der Waals surface area contributed by atoms with E-state index in [0.29, 0.717) is 11.2 Å². The Morgan fingerprint density at radius 2 is 1.85 bits per heavy atom. The zero-order valence-corrected chi connectivity index (χ0v) is 17.5. The predicted molar refractivity (Wildman–Crippen MR) is 115 cm³/mol. The third-order valence-corrected chi connectivity index (χ3v) is 5.78. The zero-order chi connectivity index (χ0) is 18.7. The molecule has 0 amide bonds. The second-order valence-corrected chi connectivity index (χ2v) is 8.05. The van der Waals surface area contributed by atoms with Crippen LogP contribution in [-0.2, 0) is 0 Å². The van der Waals surface area contributed by atoms with Crippen LogP contribution in [0.2, 0.25) is 5.28 Å². The highest BCUT2D eigenvalue weighted by Crippen LogP contribution is 2.39. The van der Waals surface area contributed by atoms with Gasteiger partial charge in [0.2, 0.25) is 5.28 Å². The highest BCUT2D eigenvalue weighted by atomic mass is 35.5. The van der Waals surface area contributed by atoms with Gasteiger partial charge in [0.1, 0.15) is 10.6 Å². The number of unbranched alkanes of at least 4 members (excludes halogenated alkanes) is 1. The number of rotatable bonds is 7. The van der Waals surface area contributed by atoms with Crippen molar-refractivity contribution in [2.75, 3.05) is 18.0 Å². The molecular weight excluding hydrogens is 362 g/mol. The van der Waals surface area contributed by atoms with Crippen molar-refractivity contribution < 1.29 is 0 Å². The van der Waals surface area contributed by atoms with Crippen molar-refractivity contribution in [2.24, 2.45) is 0 Å². The van der Waals surface area contributed by atoms with Crippen molar-refractivity contribution in [1.82, 2.24) is 9.97 Å². The summed E-state index contributed by atoms with van der Waals surface area (Å²) in [4.78, 5) is 12.4. The van der Waals surface area contributed by atoms with E-state index in [1.54, 1.807) is 11.3 Å². The van der Waals surface area contributed by atoms with Gasteiger partial charge in [-0.05, 0) is 42.0 Å². The first-order chi connectivity index (χ1) is 12.5. The standard InChI is InChI=1S/C21H26ClN3S/c1-5-7-12-25(6-2)19-18-17(13-26-20(18)24-21(22)23-19)16-10-8-15(9-11-16)14(3)4/h8-11,13-14H,5-7,12H2,1-4H3. The smallest absolute Gasteiger partial charge is 0.225 e. The van der Waals surface area contributed by atoms with Crippen molar-refractivity contribution in [1.29, 1.82) is 0 Å². The summed E-state index contributed by atoms with van der Waals surface area (Å²) in [6.07, 6.45) is 2.30. The Morgan fingerprint density at radius 3 is 2.46 bits per heavy atom. The Morgan fingerprint density at radius 1 is 1.12 bits per heavy atom. The van der Waals surface area contributed by atoms with Gasteiger partial charge in [0, 0.05) is 24.0 Å². The van der Waals surface area contributed by atoms with Crippen LogP contribution in [0.15, 0.2) is 29.6 Å². The van der Waals surface area contributed by atoms with Crippen molar-refractivity contribution >= 4 is 39.0 Å². The van der Waals surface area contributed by atoms with Crippen LogP contribution in [-0.4, -0.2) is 23.1 Å². The Balaban J connectivity index is 2.12. The van der Waals surface area contributed by atoms with Crippen LogP contribution in [0.3, 0.4) is 0 Å². The molecule has 0 saturated carbocycles. The maximum absolute atomic E-state index is 6.23. The molecule has 0 saturated heterocycles. The van der Waals surface area contributed by atoms with Gasteiger partial charge < -0.3 is 4.90 Å². The molecule has 0 N–H and O–H groups in total. The summed E-state index contributed by atoms with van der Waals surface area (Å²) >= 11 is 7.86. The maximum atomic E-state index is 6.23. The second-order valence-electron chi connectivity index (χ2n) is 6.86. The van der Waals surface area contributed by atoms with E-state index in [0.717, 1.165) is 42.0 Å². The zero-order valence-electron chi connectivity index (χ0n) is 15.9. The van der Waals surface area contributed by atoms with Crippen molar-refractivity contribution in [3.8, 4) is 11.1 Å². The number of fused-ring (bicyclic) bond motifs is 1. The number of hydrogen-bond acceptors (Lipinski definition) is 4. The molecule has 0 spiro atoms. The molecule has 0 unspecified atom stereocenters. The number of hydrogen-bond donors (Lipinski definition) is 0. The summed E-state index contributed by atoms with van der Waals surface area (Å²) in [6.45, 7) is 10.7. The molecule has 0 radical (unpaired) electrons. The van der Waals surface area contributed by atoms with E-state index in [-0.39, 0.29) is 0 Å². The van der Waals surface area contributed by atoms with E-state index >= 15 is 0 Å². The minimum atomic E-state index is 0.325. The molecule has 3 rings (SSSR count). The predicted octanol–water partition coefficient (Wildman–Crippen LogP) is 6.76. The molecule has 3 nitrogen and oxygen atoms in total. The molecule has 5 heteroatoms. The molecule has 0 aliphatic rings. The number of benzene rings is 1. The van der Waals surface area contributed by atoms with Crippen LogP contribution in [0.5, 0.6) is 0 Å². The van der Waals surface area contributed by atoms with Gasteiger partial charge in [-0.15, -0.1) is 11.3 Å². The van der Waals surface area contributed by atoms with Gasteiger partial charge in [-0.3, -0.25) is 0 Å². The summed E-state index contributed by atoms with van der Waals surface area (Å²) in [7, 11) is 0. The number of aromatic nitrogens is 2. The van der Waals surface area contributed by atoms with Crippen LogP contribution in [0, 0.1) is 0 Å². The van der Waals surface area contributed by atoms with Crippen molar-refractivity contribution in [3.63, 3.8) is 0 Å². The normalized spacial score (nSPS) is 11.5. The SMILES string of the molecule is CCCCN(CC)c1nc(Cl)nc2scc(-c3ccc(C(C)C)cc3)c12. The van der Waals surface area contributed by atoms with Crippen molar-refractivity contribution in [3.05, 3.63) is 40.5 Å². The third-order valence-electron chi connectivity index (χ3n) is 4.74. The van der Waals surface area contributed by atoms with Crippen LogP contribution in [0.4, 0.5) is 5.82 Å². The fourth-order valence-electron chi connectivity index (χ4n) is 3.15. The van der Waals surface area contributed by atoms with Crippen LogP contribution in [0.25, 0.3) is 21.3 Å². The lowest BCUT2D eigenvalue weighted by molar-refractivity contribution is 0.726. The summed E-state index contributed by atoms with van der Waals surface area (Å²) in [6, 6.07) is 8.85. The van der Waals surface area contributed by atoms with Crippen molar-refractivity contribution in [2.45, 2.75) is 46.5 Å². The minimum Gasteiger partial charge on any atom is -0.356 e. The van der Waals surface area contributed by atoms with Gasteiger partial charge in [0.05, 0.1) is 5.39 Å². The lowest BCUT2D eigenvalue weighted by Gasteiger charge is -2.23. The van der Waals surface area contributed by atoms with Gasteiger partial charge in [-0.25, -0.2) is 4.98 Å². The van der Waals surface area contributed by atoms with E-state index < -0.39 is 0 Å². The quantitative estimate of drug-likeness (QED) is 0.419. The summed E-state index contributed by atoms with van der Waals surface area (Å²) in [5, 5.41) is 3.62. The number of anilines is 1. The Labute approximate surface area is 165 Å². The monoisotopic (exact) mass is 387 g/mol. The van der Waals surface area contributed by atoms with Crippen LogP contribution >= 0.6 is 22.9 Å². The average molecular weight is 388 g/mol. The second kappa shape index (κ2) is 8.36. The fourth-order valence-corrected chi connectivity index (χ4v) is 4.31. The lowest BCUT2D eigenvalue weighted by Crippen LogP contribution is -2.25. The lowest BCUT2D eigenvalue weighted by atomic mass is 9.99. The average Bonchev–Trinajstić information content (AvgIpc) is 3.06. The highest BCUT2D eigenvalue weighted by molar-refractivity contribution is 7.17. The molecule has 1 aromatic carbocycles. The molecule has 0 aliphatic heterocycles. The molecule has 2 aromatic heterocycles. The summed E-state index contributed by atoms with van der Waals surface area (Å²) in [5.41, 5.74) is 3.76. The van der Waals surface area contributed by atoms with Gasteiger partial charge in [-0.2, -0.15) is 4.98 Å². The van der Waals surface area contributed by atoms with Crippen LogP contribution < -0.4 is 4.90 Å². The van der Waals surface area contributed by atoms with E-state index in [1.807, 2.05) is 0 Å². The number of nitrogens with zero attached hydrogens (tertiary/aromatic N) is 3. The summed E-state index contributed by atoms with van der Waals surface area (Å²) in [5.74, 6) is 1.49. The van der Waals surface area contributed by atoms with E-state index in [4.69, 9.17) is 11.6 Å². The number of halogens is 1. The van der Waals surface area contributed by atoms with Gasteiger partial charge in [0.25, 0.3) is 0 Å². The molecule has 0 atom stereocenters. The first-order valence-corrected chi connectivity index (χ1v) is 10.6. The summed E-state index contributed by atoms with van der Waals surface area (Å²) < 4.78 is 0. The van der Waals surface area contributed by atoms with E-state index in [2.05, 4.69) is 72.2 Å². The molecule has 0 fully saturated rings. The topological polar surface area (TPSA) is 29.0 Å². The van der Waals surface area contributed by atoms with Gasteiger partial charge >= 0.3 is 0 Å².